The summed E-state index contributed by atoms with van der Waals surface area (Å²) in [6, 6.07) is 7.90. The van der Waals surface area contributed by atoms with Crippen LogP contribution in [-0.2, 0) is 14.3 Å². The molecule has 0 unspecified atom stereocenters. The number of fused-ring (bicyclic) bond motifs is 1. The Morgan fingerprint density at radius 3 is 2.65 bits per heavy atom. The van der Waals surface area contributed by atoms with Crippen LogP contribution in [0.25, 0.3) is 0 Å². The van der Waals surface area contributed by atoms with Crippen molar-refractivity contribution in [2.75, 3.05) is 18.1 Å². The number of rotatable bonds is 5. The van der Waals surface area contributed by atoms with Gasteiger partial charge in [-0.3, -0.25) is 19.3 Å². The summed E-state index contributed by atoms with van der Waals surface area (Å²) in [5.41, 5.74) is -0.463. The van der Waals surface area contributed by atoms with Gasteiger partial charge in [-0.2, -0.15) is 0 Å². The smallest absolute Gasteiger partial charge is 0.326 e. The molecule has 2 heterocycles. The monoisotopic (exact) mass is 357 g/mol. The number of esters is 1. The summed E-state index contributed by atoms with van der Waals surface area (Å²) < 4.78 is 15.8. The van der Waals surface area contributed by atoms with Gasteiger partial charge in [0.25, 0.3) is 5.91 Å². The number of nitrogens with zero attached hydrogens (tertiary/aromatic N) is 1. The second-order valence-corrected chi connectivity index (χ2v) is 6.30. The number of hydrogen-bond acceptors (Lipinski definition) is 6. The molecule has 0 bridgehead atoms. The fraction of sp³-hybridized carbons (Fsp3) is 0.316. The summed E-state index contributed by atoms with van der Waals surface area (Å²) in [5, 5.41) is 0. The van der Waals surface area contributed by atoms with Gasteiger partial charge in [0.05, 0.1) is 18.6 Å². The van der Waals surface area contributed by atoms with Crippen molar-refractivity contribution in [3.8, 4) is 5.75 Å². The van der Waals surface area contributed by atoms with Crippen LogP contribution < -0.4 is 9.64 Å². The molecule has 1 aromatic heterocycles. The van der Waals surface area contributed by atoms with Crippen LogP contribution in [0.5, 0.6) is 5.75 Å². The lowest BCUT2D eigenvalue weighted by Gasteiger charge is -2.38. The number of anilines is 1. The minimum Gasteiger partial charge on any atom is -0.476 e. The van der Waals surface area contributed by atoms with Gasteiger partial charge >= 0.3 is 5.97 Å². The molecule has 26 heavy (non-hydrogen) atoms. The van der Waals surface area contributed by atoms with Gasteiger partial charge in [-0.15, -0.1) is 0 Å². The predicted molar refractivity (Wildman–Crippen MR) is 92.3 cm³/mol. The lowest BCUT2D eigenvalue weighted by atomic mass is 10.0. The minimum absolute atomic E-state index is 0.185. The summed E-state index contributed by atoms with van der Waals surface area (Å²) in [7, 11) is 0. The Morgan fingerprint density at radius 1 is 1.23 bits per heavy atom. The van der Waals surface area contributed by atoms with E-state index in [1.807, 2.05) is 0 Å². The number of hydrogen-bond donors (Lipinski definition) is 0. The van der Waals surface area contributed by atoms with Crippen molar-refractivity contribution in [1.29, 1.82) is 0 Å². The SMILES string of the molecule is CCOC(=O)CN1C(=O)C(C)(C)Oc2ccc(C(=O)c3ccco3)cc21. The van der Waals surface area contributed by atoms with Crippen LogP contribution >= 0.6 is 0 Å². The molecule has 0 N–H and O–H groups in total. The number of amides is 1. The first-order valence-corrected chi connectivity index (χ1v) is 8.22. The number of ketones is 1. The van der Waals surface area contributed by atoms with E-state index in [1.54, 1.807) is 45.0 Å². The molecule has 3 rings (SSSR count). The average Bonchev–Trinajstić information content (AvgIpc) is 3.12. The molecule has 7 heteroatoms. The highest BCUT2D eigenvalue weighted by Crippen LogP contribution is 2.38. The van der Waals surface area contributed by atoms with Crippen LogP contribution in [0.4, 0.5) is 5.69 Å². The maximum absolute atomic E-state index is 12.7. The standard InChI is InChI=1S/C19H19NO6/c1-4-24-16(21)11-20-13-10-12(17(22)15-6-5-9-25-15)7-8-14(13)26-19(2,3)18(20)23/h5-10H,4,11H2,1-3H3. The summed E-state index contributed by atoms with van der Waals surface area (Å²) in [6.07, 6.45) is 1.41. The van der Waals surface area contributed by atoms with Crippen LogP contribution in [0.15, 0.2) is 41.0 Å². The van der Waals surface area contributed by atoms with Crippen LogP contribution in [0, 0.1) is 0 Å². The lowest BCUT2D eigenvalue weighted by Crippen LogP contribution is -2.54. The second kappa shape index (κ2) is 6.67. The quantitative estimate of drug-likeness (QED) is 0.604. The van der Waals surface area contributed by atoms with Crippen molar-refractivity contribution >= 4 is 23.3 Å². The van der Waals surface area contributed by atoms with Crippen molar-refractivity contribution in [2.24, 2.45) is 0 Å². The average molecular weight is 357 g/mol. The zero-order chi connectivity index (χ0) is 18.9. The van der Waals surface area contributed by atoms with Crippen LogP contribution in [-0.4, -0.2) is 36.4 Å². The Balaban J connectivity index is 2.01. The van der Waals surface area contributed by atoms with Gasteiger partial charge in [0, 0.05) is 5.56 Å². The number of carbonyl (C=O) groups is 3. The highest BCUT2D eigenvalue weighted by molar-refractivity contribution is 6.10. The molecule has 136 valence electrons. The van der Waals surface area contributed by atoms with Gasteiger partial charge in [0.15, 0.2) is 11.4 Å². The highest BCUT2D eigenvalue weighted by Gasteiger charge is 2.42. The fourth-order valence-corrected chi connectivity index (χ4v) is 2.75. The van der Waals surface area contributed by atoms with Gasteiger partial charge in [-0.1, -0.05) is 0 Å². The Hall–Kier alpha value is -3.09. The van der Waals surface area contributed by atoms with Crippen molar-refractivity contribution < 1.29 is 28.3 Å². The molecule has 1 amide bonds. The first-order chi connectivity index (χ1) is 12.3. The fourth-order valence-electron chi connectivity index (χ4n) is 2.75. The molecule has 0 atom stereocenters. The van der Waals surface area contributed by atoms with Crippen molar-refractivity contribution in [3.63, 3.8) is 0 Å². The summed E-state index contributed by atoms with van der Waals surface area (Å²) >= 11 is 0. The Morgan fingerprint density at radius 2 is 2.00 bits per heavy atom. The summed E-state index contributed by atoms with van der Waals surface area (Å²) in [6.45, 7) is 4.89. The molecule has 0 saturated heterocycles. The molecular weight excluding hydrogens is 338 g/mol. The highest BCUT2D eigenvalue weighted by atomic mass is 16.5. The molecule has 7 nitrogen and oxygen atoms in total. The molecule has 1 aliphatic rings. The molecule has 0 aliphatic carbocycles. The van der Waals surface area contributed by atoms with Gasteiger partial charge in [-0.05, 0) is 51.1 Å². The maximum atomic E-state index is 12.7. The van der Waals surface area contributed by atoms with Crippen LogP contribution in [0.3, 0.4) is 0 Å². The van der Waals surface area contributed by atoms with E-state index in [-0.39, 0.29) is 30.6 Å². The van der Waals surface area contributed by atoms with E-state index < -0.39 is 11.6 Å². The van der Waals surface area contributed by atoms with E-state index in [0.717, 1.165) is 0 Å². The summed E-state index contributed by atoms with van der Waals surface area (Å²) in [4.78, 5) is 38.5. The van der Waals surface area contributed by atoms with Gasteiger partial charge in [0.1, 0.15) is 12.3 Å². The maximum Gasteiger partial charge on any atom is 0.326 e. The number of furan rings is 1. The molecule has 0 radical (unpaired) electrons. The van der Waals surface area contributed by atoms with Gasteiger partial charge in [0.2, 0.25) is 5.78 Å². The van der Waals surface area contributed by atoms with E-state index in [9.17, 15) is 14.4 Å². The van der Waals surface area contributed by atoms with Crippen molar-refractivity contribution in [3.05, 3.63) is 47.9 Å². The van der Waals surface area contributed by atoms with E-state index in [2.05, 4.69) is 0 Å². The van der Waals surface area contributed by atoms with E-state index in [1.165, 1.54) is 17.2 Å². The molecule has 0 saturated carbocycles. The predicted octanol–water partition coefficient (Wildman–Crippen LogP) is 2.58. The zero-order valence-corrected chi connectivity index (χ0v) is 14.8. The van der Waals surface area contributed by atoms with Crippen molar-refractivity contribution in [1.82, 2.24) is 0 Å². The third-order valence-electron chi connectivity index (χ3n) is 3.97. The Kier molecular flexibility index (Phi) is 4.54. The Bertz CT molecular complexity index is 853. The third kappa shape index (κ3) is 3.20. The second-order valence-electron chi connectivity index (χ2n) is 6.30. The molecule has 1 aromatic carbocycles. The first kappa shape index (κ1) is 17.7. The van der Waals surface area contributed by atoms with Gasteiger partial charge < -0.3 is 13.9 Å². The number of ether oxygens (including phenoxy) is 2. The molecule has 0 spiro atoms. The molecule has 2 aromatic rings. The Labute approximate surface area is 150 Å². The normalized spacial score (nSPS) is 15.2. The van der Waals surface area contributed by atoms with E-state index in [4.69, 9.17) is 13.9 Å². The lowest BCUT2D eigenvalue weighted by molar-refractivity contribution is -0.144. The number of carbonyl (C=O) groups excluding carboxylic acids is 3. The molecule has 0 fully saturated rings. The van der Waals surface area contributed by atoms with Crippen LogP contribution in [0.1, 0.15) is 36.9 Å². The zero-order valence-electron chi connectivity index (χ0n) is 14.8. The van der Waals surface area contributed by atoms with Crippen LogP contribution in [0.2, 0.25) is 0 Å². The van der Waals surface area contributed by atoms with Crippen molar-refractivity contribution in [2.45, 2.75) is 26.4 Å². The first-order valence-electron chi connectivity index (χ1n) is 8.22. The third-order valence-corrected chi connectivity index (χ3v) is 3.97. The van der Waals surface area contributed by atoms with Gasteiger partial charge in [-0.25, -0.2) is 0 Å². The molecular formula is C19H19NO6. The largest absolute Gasteiger partial charge is 0.476 e. The summed E-state index contributed by atoms with van der Waals surface area (Å²) in [5.74, 6) is -0.653. The van der Waals surface area contributed by atoms with E-state index in [0.29, 0.717) is 17.0 Å². The number of benzene rings is 1. The van der Waals surface area contributed by atoms with E-state index >= 15 is 0 Å². The molecule has 1 aliphatic heterocycles. The minimum atomic E-state index is -1.13. The topological polar surface area (TPSA) is 86.0 Å².